The van der Waals surface area contributed by atoms with Crippen molar-refractivity contribution in [2.24, 2.45) is 5.92 Å². The number of aliphatic hydroxyl groups is 1. The van der Waals surface area contributed by atoms with Crippen LogP contribution in [0, 0.1) is 5.92 Å². The van der Waals surface area contributed by atoms with Crippen molar-refractivity contribution in [2.45, 2.75) is 52.2 Å². The predicted octanol–water partition coefficient (Wildman–Crippen LogP) is 1.60. The predicted molar refractivity (Wildman–Crippen MR) is 75.1 cm³/mol. The number of likely N-dealkylation sites (N-methyl/N-ethyl adjacent to an activating group) is 1. The van der Waals surface area contributed by atoms with Gasteiger partial charge in [0, 0.05) is 19.1 Å². The molecule has 1 heterocycles. The molecule has 1 aliphatic heterocycles. The molecule has 0 saturated carbocycles. The van der Waals surface area contributed by atoms with Gasteiger partial charge in [-0.05, 0) is 38.6 Å². The van der Waals surface area contributed by atoms with Crippen molar-refractivity contribution in [1.82, 2.24) is 10.2 Å². The first-order chi connectivity index (χ1) is 9.08. The van der Waals surface area contributed by atoms with E-state index in [1.165, 1.54) is 0 Å². The van der Waals surface area contributed by atoms with E-state index in [0.717, 1.165) is 38.9 Å². The number of likely N-dealkylation sites (tertiary alicyclic amines) is 1. The van der Waals surface area contributed by atoms with Gasteiger partial charge in [-0.2, -0.15) is 0 Å². The molecule has 1 rings (SSSR count). The second kappa shape index (κ2) is 8.38. The first-order valence-corrected chi connectivity index (χ1v) is 7.42. The fourth-order valence-corrected chi connectivity index (χ4v) is 2.73. The zero-order chi connectivity index (χ0) is 14.3. The van der Waals surface area contributed by atoms with Gasteiger partial charge in [0.1, 0.15) is 0 Å². The molecule has 0 aromatic rings. The van der Waals surface area contributed by atoms with Crippen LogP contribution in [-0.2, 0) is 4.74 Å². The molecule has 2 N–H and O–H groups in total. The molecule has 1 amide bonds. The van der Waals surface area contributed by atoms with Gasteiger partial charge in [-0.15, -0.1) is 0 Å². The van der Waals surface area contributed by atoms with Crippen molar-refractivity contribution in [3.63, 3.8) is 0 Å². The first kappa shape index (κ1) is 16.2. The molecule has 1 aliphatic rings. The number of carbonyl (C=O) groups excluding carboxylic acids is 1. The maximum atomic E-state index is 11.5. The van der Waals surface area contributed by atoms with E-state index >= 15 is 0 Å². The highest BCUT2D eigenvalue weighted by molar-refractivity contribution is 5.67. The van der Waals surface area contributed by atoms with Crippen LogP contribution in [0.2, 0.25) is 0 Å². The molecule has 0 aromatic heterocycles. The van der Waals surface area contributed by atoms with Crippen LogP contribution >= 0.6 is 0 Å². The van der Waals surface area contributed by atoms with Crippen LogP contribution in [0.5, 0.6) is 0 Å². The van der Waals surface area contributed by atoms with E-state index in [1.807, 2.05) is 6.92 Å². The van der Waals surface area contributed by atoms with Gasteiger partial charge in [0.15, 0.2) is 0 Å². The Labute approximate surface area is 116 Å². The number of alkyl carbamates (subject to hydrolysis) is 1. The summed E-state index contributed by atoms with van der Waals surface area (Å²) in [6, 6.07) is 0.127. The summed E-state index contributed by atoms with van der Waals surface area (Å²) in [6.07, 6.45) is 1.96. The second-order valence-electron chi connectivity index (χ2n) is 5.31. The summed E-state index contributed by atoms with van der Waals surface area (Å²) in [6.45, 7) is 9.18. The average molecular weight is 272 g/mol. The van der Waals surface area contributed by atoms with E-state index in [9.17, 15) is 9.90 Å². The molecule has 0 aromatic carbocycles. The van der Waals surface area contributed by atoms with Crippen molar-refractivity contribution in [3.8, 4) is 0 Å². The maximum absolute atomic E-state index is 11.5. The summed E-state index contributed by atoms with van der Waals surface area (Å²) in [4.78, 5) is 13.8. The minimum Gasteiger partial charge on any atom is -0.450 e. The first-order valence-electron chi connectivity index (χ1n) is 7.42. The van der Waals surface area contributed by atoms with E-state index in [-0.39, 0.29) is 18.2 Å². The van der Waals surface area contributed by atoms with Crippen molar-refractivity contribution >= 4 is 6.09 Å². The Kier molecular flexibility index (Phi) is 7.16. The molecule has 0 aliphatic carbocycles. The topological polar surface area (TPSA) is 61.8 Å². The number of rotatable bonds is 6. The minimum atomic E-state index is -0.333. The summed E-state index contributed by atoms with van der Waals surface area (Å²) in [5.41, 5.74) is 0. The minimum absolute atomic E-state index is 0.127. The van der Waals surface area contributed by atoms with Crippen LogP contribution in [0.3, 0.4) is 0 Å². The van der Waals surface area contributed by atoms with Crippen molar-refractivity contribution in [3.05, 3.63) is 0 Å². The molecule has 3 unspecified atom stereocenters. The average Bonchev–Trinajstić information content (AvgIpc) is 2.38. The Bertz CT molecular complexity index is 271. The molecule has 1 saturated heterocycles. The molecule has 0 spiro atoms. The van der Waals surface area contributed by atoms with E-state index in [2.05, 4.69) is 17.1 Å². The number of ether oxygens (including phenoxy) is 1. The fourth-order valence-electron chi connectivity index (χ4n) is 2.73. The van der Waals surface area contributed by atoms with Gasteiger partial charge >= 0.3 is 6.09 Å². The lowest BCUT2D eigenvalue weighted by Gasteiger charge is -2.38. The Morgan fingerprint density at radius 2 is 2.16 bits per heavy atom. The molecule has 5 nitrogen and oxygen atoms in total. The zero-order valence-corrected chi connectivity index (χ0v) is 12.4. The summed E-state index contributed by atoms with van der Waals surface area (Å²) < 4.78 is 4.93. The number of amides is 1. The molecule has 19 heavy (non-hydrogen) atoms. The molecule has 5 heteroatoms. The summed E-state index contributed by atoms with van der Waals surface area (Å²) in [5, 5.41) is 12.7. The van der Waals surface area contributed by atoms with Crippen molar-refractivity contribution in [1.29, 1.82) is 0 Å². The Hall–Kier alpha value is -0.810. The lowest BCUT2D eigenvalue weighted by molar-refractivity contribution is 0.0823. The highest BCUT2D eigenvalue weighted by Crippen LogP contribution is 2.22. The smallest absolute Gasteiger partial charge is 0.407 e. The summed E-state index contributed by atoms with van der Waals surface area (Å²) >= 11 is 0. The van der Waals surface area contributed by atoms with Gasteiger partial charge in [-0.1, -0.05) is 13.8 Å². The van der Waals surface area contributed by atoms with Gasteiger partial charge in [0.2, 0.25) is 0 Å². The van der Waals surface area contributed by atoms with Crippen LogP contribution in [0.4, 0.5) is 4.79 Å². The third-order valence-electron chi connectivity index (χ3n) is 3.73. The third kappa shape index (κ3) is 5.78. The zero-order valence-electron chi connectivity index (χ0n) is 12.4. The molecule has 112 valence electrons. The quantitative estimate of drug-likeness (QED) is 0.771. The van der Waals surface area contributed by atoms with Gasteiger partial charge in [0.25, 0.3) is 0 Å². The molecular weight excluding hydrogens is 244 g/mol. The molecule has 3 atom stereocenters. The number of aliphatic hydroxyl groups excluding tert-OH is 1. The number of piperidine rings is 1. The van der Waals surface area contributed by atoms with E-state index in [1.54, 1.807) is 6.92 Å². The SMILES string of the molecule is CCOC(=O)NC1CC(CC(O)CC)CN(CC)C1. The second-order valence-corrected chi connectivity index (χ2v) is 5.31. The van der Waals surface area contributed by atoms with Crippen LogP contribution in [0.1, 0.15) is 40.0 Å². The van der Waals surface area contributed by atoms with Gasteiger partial charge in [-0.25, -0.2) is 4.79 Å². The lowest BCUT2D eigenvalue weighted by Crippen LogP contribution is -2.51. The number of hydrogen-bond acceptors (Lipinski definition) is 4. The van der Waals surface area contributed by atoms with E-state index < -0.39 is 0 Å². The molecular formula is C14H28N2O3. The van der Waals surface area contributed by atoms with E-state index in [0.29, 0.717) is 12.5 Å². The van der Waals surface area contributed by atoms with Crippen LogP contribution in [-0.4, -0.2) is 54.5 Å². The van der Waals surface area contributed by atoms with Crippen LogP contribution in [0.25, 0.3) is 0 Å². The van der Waals surface area contributed by atoms with Gasteiger partial charge in [0.05, 0.1) is 12.7 Å². The number of nitrogens with zero attached hydrogens (tertiary/aromatic N) is 1. The number of carbonyl (C=O) groups is 1. The van der Waals surface area contributed by atoms with Crippen LogP contribution < -0.4 is 5.32 Å². The Morgan fingerprint density at radius 3 is 2.74 bits per heavy atom. The maximum Gasteiger partial charge on any atom is 0.407 e. The fraction of sp³-hybridized carbons (Fsp3) is 0.929. The third-order valence-corrected chi connectivity index (χ3v) is 3.73. The highest BCUT2D eigenvalue weighted by Gasteiger charge is 2.28. The standard InChI is InChI=1S/C14H28N2O3/c1-4-13(17)8-11-7-12(10-16(5-2)9-11)15-14(18)19-6-3/h11-13,17H,4-10H2,1-3H3,(H,15,18). The molecule has 1 fully saturated rings. The van der Waals surface area contributed by atoms with E-state index in [4.69, 9.17) is 4.74 Å². The summed E-state index contributed by atoms with van der Waals surface area (Å²) in [7, 11) is 0. The number of nitrogens with one attached hydrogen (secondary N) is 1. The van der Waals surface area contributed by atoms with Crippen molar-refractivity contribution < 1.29 is 14.6 Å². The van der Waals surface area contributed by atoms with Crippen molar-refractivity contribution in [2.75, 3.05) is 26.2 Å². The Morgan fingerprint density at radius 1 is 1.42 bits per heavy atom. The monoisotopic (exact) mass is 272 g/mol. The molecule has 0 bridgehead atoms. The summed E-state index contributed by atoms with van der Waals surface area (Å²) in [5.74, 6) is 0.440. The highest BCUT2D eigenvalue weighted by atomic mass is 16.5. The van der Waals surface area contributed by atoms with Crippen LogP contribution in [0.15, 0.2) is 0 Å². The Balaban J connectivity index is 2.49. The molecule has 0 radical (unpaired) electrons. The van der Waals surface area contributed by atoms with Gasteiger partial charge in [-0.3, -0.25) is 0 Å². The number of hydrogen-bond donors (Lipinski definition) is 2. The normalized spacial score (nSPS) is 25.9. The lowest BCUT2D eigenvalue weighted by atomic mass is 9.89. The largest absolute Gasteiger partial charge is 0.450 e. The van der Waals surface area contributed by atoms with Gasteiger partial charge < -0.3 is 20.1 Å².